The van der Waals surface area contributed by atoms with Crippen LogP contribution in [0.3, 0.4) is 0 Å². The number of likely N-dealkylation sites (tertiary alicyclic amines) is 1. The minimum absolute atomic E-state index is 0.0244. The molecule has 7 heteroatoms. The van der Waals surface area contributed by atoms with Crippen molar-refractivity contribution >= 4 is 17.5 Å². The van der Waals surface area contributed by atoms with Crippen LogP contribution in [0.15, 0.2) is 59.1 Å². The Hall–Kier alpha value is -3.48. The van der Waals surface area contributed by atoms with E-state index in [2.05, 4.69) is 15.5 Å². The second-order valence-electron chi connectivity index (χ2n) is 7.17. The van der Waals surface area contributed by atoms with Gasteiger partial charge in [-0.1, -0.05) is 23.4 Å². The number of piperidine rings is 1. The Labute approximate surface area is 168 Å². The van der Waals surface area contributed by atoms with Crippen molar-refractivity contribution in [3.63, 3.8) is 0 Å². The first-order chi connectivity index (χ1) is 14.1. The molecule has 7 nitrogen and oxygen atoms in total. The molecule has 1 saturated heterocycles. The van der Waals surface area contributed by atoms with E-state index in [4.69, 9.17) is 4.52 Å². The fourth-order valence-electron chi connectivity index (χ4n) is 3.55. The molecule has 3 aromatic rings. The van der Waals surface area contributed by atoms with Gasteiger partial charge in [0, 0.05) is 36.8 Å². The van der Waals surface area contributed by atoms with Gasteiger partial charge in [-0.15, -0.1) is 0 Å². The van der Waals surface area contributed by atoms with E-state index in [-0.39, 0.29) is 17.7 Å². The van der Waals surface area contributed by atoms with Gasteiger partial charge in [-0.25, -0.2) is 0 Å². The minimum atomic E-state index is -0.119. The maximum Gasteiger partial charge on any atom is 0.253 e. The van der Waals surface area contributed by atoms with Crippen molar-refractivity contribution in [3.8, 4) is 11.4 Å². The molecule has 0 spiro atoms. The van der Waals surface area contributed by atoms with Crippen LogP contribution in [0.4, 0.5) is 5.69 Å². The first kappa shape index (κ1) is 18.9. The molecule has 2 amide bonds. The maximum atomic E-state index is 12.7. The summed E-state index contributed by atoms with van der Waals surface area (Å²) in [6.45, 7) is 2.77. The van der Waals surface area contributed by atoms with E-state index in [1.54, 1.807) is 12.1 Å². The Morgan fingerprint density at radius 1 is 1.10 bits per heavy atom. The Kier molecular flexibility index (Phi) is 5.37. The number of carbonyl (C=O) groups excluding carboxylic acids is 2. The molecule has 29 heavy (non-hydrogen) atoms. The molecule has 1 aromatic heterocycles. The van der Waals surface area contributed by atoms with Crippen LogP contribution in [0.25, 0.3) is 11.4 Å². The van der Waals surface area contributed by atoms with Crippen molar-refractivity contribution in [2.45, 2.75) is 25.7 Å². The van der Waals surface area contributed by atoms with Crippen LogP contribution in [0.1, 0.15) is 41.9 Å². The van der Waals surface area contributed by atoms with Gasteiger partial charge in [-0.3, -0.25) is 9.59 Å². The fourth-order valence-corrected chi connectivity index (χ4v) is 3.55. The molecule has 1 fully saturated rings. The zero-order chi connectivity index (χ0) is 20.2. The van der Waals surface area contributed by atoms with Crippen LogP contribution in [-0.4, -0.2) is 39.9 Å². The number of rotatable bonds is 4. The number of carbonyl (C=O) groups is 2. The summed E-state index contributed by atoms with van der Waals surface area (Å²) in [6, 6.07) is 16.6. The largest absolute Gasteiger partial charge is 0.339 e. The Morgan fingerprint density at radius 2 is 1.86 bits per heavy atom. The number of aromatic nitrogens is 2. The van der Waals surface area contributed by atoms with Crippen molar-refractivity contribution in [1.29, 1.82) is 0 Å². The van der Waals surface area contributed by atoms with E-state index in [0.29, 0.717) is 29.5 Å². The molecule has 1 atom stereocenters. The van der Waals surface area contributed by atoms with Crippen molar-refractivity contribution in [2.24, 2.45) is 0 Å². The molecule has 1 aliphatic rings. The number of hydrogen-bond donors (Lipinski definition) is 1. The summed E-state index contributed by atoms with van der Waals surface area (Å²) < 4.78 is 5.52. The van der Waals surface area contributed by atoms with Crippen molar-refractivity contribution in [1.82, 2.24) is 15.0 Å². The van der Waals surface area contributed by atoms with Crippen molar-refractivity contribution in [2.75, 3.05) is 18.4 Å². The normalized spacial score (nSPS) is 16.4. The summed E-state index contributed by atoms with van der Waals surface area (Å²) in [6.07, 6.45) is 1.80. The van der Waals surface area contributed by atoms with E-state index in [1.807, 2.05) is 47.4 Å². The van der Waals surface area contributed by atoms with Gasteiger partial charge >= 0.3 is 0 Å². The van der Waals surface area contributed by atoms with E-state index in [9.17, 15) is 9.59 Å². The average molecular weight is 390 g/mol. The van der Waals surface area contributed by atoms with Crippen LogP contribution < -0.4 is 5.32 Å². The average Bonchev–Trinajstić information content (AvgIpc) is 3.24. The molecule has 2 heterocycles. The van der Waals surface area contributed by atoms with Crippen LogP contribution >= 0.6 is 0 Å². The summed E-state index contributed by atoms with van der Waals surface area (Å²) in [5, 5.41) is 6.83. The molecule has 0 bridgehead atoms. The second-order valence-corrected chi connectivity index (χ2v) is 7.17. The maximum absolute atomic E-state index is 12.7. The van der Waals surface area contributed by atoms with Crippen LogP contribution in [-0.2, 0) is 4.79 Å². The van der Waals surface area contributed by atoms with Gasteiger partial charge in [-0.05, 0) is 49.2 Å². The first-order valence-electron chi connectivity index (χ1n) is 9.66. The minimum Gasteiger partial charge on any atom is -0.339 e. The molecule has 1 aliphatic heterocycles. The van der Waals surface area contributed by atoms with E-state index in [1.165, 1.54) is 6.92 Å². The molecule has 2 aromatic carbocycles. The van der Waals surface area contributed by atoms with Crippen LogP contribution in [0.5, 0.6) is 0 Å². The van der Waals surface area contributed by atoms with Gasteiger partial charge in [-0.2, -0.15) is 4.98 Å². The molecule has 0 unspecified atom stereocenters. The van der Waals surface area contributed by atoms with E-state index >= 15 is 0 Å². The number of nitrogens with one attached hydrogen (secondary N) is 1. The molecule has 4 rings (SSSR count). The molecule has 148 valence electrons. The third kappa shape index (κ3) is 4.34. The summed E-state index contributed by atoms with van der Waals surface area (Å²) in [4.78, 5) is 30.3. The van der Waals surface area contributed by atoms with Crippen LogP contribution in [0, 0.1) is 0 Å². The number of amides is 2. The predicted molar refractivity (Wildman–Crippen MR) is 108 cm³/mol. The lowest BCUT2D eigenvalue weighted by Crippen LogP contribution is -2.39. The second kappa shape index (κ2) is 8.26. The smallest absolute Gasteiger partial charge is 0.253 e. The number of anilines is 1. The zero-order valence-corrected chi connectivity index (χ0v) is 16.2. The fraction of sp³-hybridized carbons (Fsp3) is 0.273. The van der Waals surface area contributed by atoms with E-state index in [0.717, 1.165) is 24.9 Å². The lowest BCUT2D eigenvalue weighted by atomic mass is 9.97. The van der Waals surface area contributed by atoms with Gasteiger partial charge in [0.05, 0.1) is 5.92 Å². The van der Waals surface area contributed by atoms with Gasteiger partial charge in [0.1, 0.15) is 0 Å². The predicted octanol–water partition coefficient (Wildman–Crippen LogP) is 3.71. The Bertz CT molecular complexity index is 998. The summed E-state index contributed by atoms with van der Waals surface area (Å²) in [5.74, 6) is 0.990. The molecule has 0 aliphatic carbocycles. The van der Waals surface area contributed by atoms with Gasteiger partial charge < -0.3 is 14.7 Å². The highest BCUT2D eigenvalue weighted by Gasteiger charge is 2.29. The number of nitrogens with zero attached hydrogens (tertiary/aromatic N) is 3. The highest BCUT2D eigenvalue weighted by Crippen LogP contribution is 2.28. The number of hydrogen-bond acceptors (Lipinski definition) is 5. The SMILES string of the molecule is CC(=O)Nc1ccc(-c2noc([C@H]3CCCN(C(=O)c4ccccc4)C3)n2)cc1. The third-order valence-electron chi connectivity index (χ3n) is 4.98. The molecule has 0 radical (unpaired) electrons. The molecule has 1 N–H and O–H groups in total. The van der Waals surface area contributed by atoms with E-state index < -0.39 is 0 Å². The van der Waals surface area contributed by atoms with Crippen molar-refractivity contribution in [3.05, 3.63) is 66.1 Å². The molecular weight excluding hydrogens is 368 g/mol. The van der Waals surface area contributed by atoms with Gasteiger partial charge in [0.25, 0.3) is 5.91 Å². The standard InChI is InChI=1S/C22H22N4O3/c1-15(27)23-19-11-9-16(10-12-19)20-24-21(29-25-20)18-8-5-13-26(14-18)22(28)17-6-3-2-4-7-17/h2-4,6-7,9-12,18H,5,8,13-14H2,1H3,(H,23,27)/t18-/m0/s1. The molecular formula is C22H22N4O3. The monoisotopic (exact) mass is 390 g/mol. The number of benzene rings is 2. The van der Waals surface area contributed by atoms with Gasteiger partial charge in [0.2, 0.25) is 17.6 Å². The zero-order valence-electron chi connectivity index (χ0n) is 16.2. The quantitative estimate of drug-likeness (QED) is 0.734. The third-order valence-corrected chi connectivity index (χ3v) is 4.98. The Balaban J connectivity index is 1.46. The topological polar surface area (TPSA) is 88.3 Å². The lowest BCUT2D eigenvalue weighted by Gasteiger charge is -2.31. The lowest BCUT2D eigenvalue weighted by molar-refractivity contribution is -0.114. The van der Waals surface area contributed by atoms with Gasteiger partial charge in [0.15, 0.2) is 0 Å². The summed E-state index contributed by atoms with van der Waals surface area (Å²) >= 11 is 0. The Morgan fingerprint density at radius 3 is 2.59 bits per heavy atom. The summed E-state index contributed by atoms with van der Waals surface area (Å²) in [7, 11) is 0. The molecule has 0 saturated carbocycles. The highest BCUT2D eigenvalue weighted by atomic mass is 16.5. The first-order valence-corrected chi connectivity index (χ1v) is 9.66. The highest BCUT2D eigenvalue weighted by molar-refractivity contribution is 5.94. The summed E-state index contributed by atoms with van der Waals surface area (Å²) in [5.41, 5.74) is 2.22. The van der Waals surface area contributed by atoms with Crippen LogP contribution in [0.2, 0.25) is 0 Å². The van der Waals surface area contributed by atoms with Crippen molar-refractivity contribution < 1.29 is 14.1 Å².